The minimum Gasteiger partial charge on any atom is -0.496 e. The van der Waals surface area contributed by atoms with Crippen LogP contribution in [-0.2, 0) is 0 Å². The summed E-state index contributed by atoms with van der Waals surface area (Å²) >= 11 is 6.41. The number of ether oxygens (including phenoxy) is 1. The zero-order valence-corrected chi connectivity index (χ0v) is 23.3. The Bertz CT molecular complexity index is 1310. The van der Waals surface area contributed by atoms with E-state index in [1.54, 1.807) is 24.3 Å². The molecule has 1 unspecified atom stereocenters. The highest BCUT2D eigenvalue weighted by molar-refractivity contribution is 6.30. The molecule has 200 valence electrons. The van der Waals surface area contributed by atoms with E-state index in [1.165, 1.54) is 7.11 Å². The number of hydrogen-bond acceptors (Lipinski definition) is 4. The fourth-order valence-corrected chi connectivity index (χ4v) is 5.22. The summed E-state index contributed by atoms with van der Waals surface area (Å²) in [6, 6.07) is 18.8. The van der Waals surface area contributed by atoms with Crippen LogP contribution in [0.25, 0.3) is 0 Å². The van der Waals surface area contributed by atoms with Crippen molar-refractivity contribution in [2.24, 2.45) is 0 Å². The van der Waals surface area contributed by atoms with Crippen molar-refractivity contribution in [2.45, 2.75) is 52.0 Å². The van der Waals surface area contributed by atoms with Gasteiger partial charge in [0.25, 0.3) is 11.8 Å². The van der Waals surface area contributed by atoms with Crippen LogP contribution < -0.4 is 20.3 Å². The summed E-state index contributed by atoms with van der Waals surface area (Å²) in [7, 11) is 1.53. The Morgan fingerprint density at radius 3 is 2.61 bits per heavy atom. The number of carbonyl (C=O) groups is 2. The largest absolute Gasteiger partial charge is 0.496 e. The third kappa shape index (κ3) is 6.37. The van der Waals surface area contributed by atoms with Gasteiger partial charge in [-0.15, -0.1) is 0 Å². The first-order valence-corrected chi connectivity index (χ1v) is 13.6. The van der Waals surface area contributed by atoms with E-state index in [1.807, 2.05) is 48.2 Å². The molecule has 0 radical (unpaired) electrons. The molecule has 1 aliphatic heterocycles. The summed E-state index contributed by atoms with van der Waals surface area (Å²) < 4.78 is 5.62. The molecule has 3 aromatic rings. The minimum absolute atomic E-state index is 0.136. The molecule has 1 heterocycles. The van der Waals surface area contributed by atoms with E-state index in [0.29, 0.717) is 46.1 Å². The maximum Gasteiger partial charge on any atom is 0.262 e. The van der Waals surface area contributed by atoms with Crippen molar-refractivity contribution in [3.8, 4) is 5.75 Å². The molecule has 38 heavy (non-hydrogen) atoms. The third-order valence-corrected chi connectivity index (χ3v) is 7.26. The first-order valence-electron chi connectivity index (χ1n) is 13.2. The van der Waals surface area contributed by atoms with Crippen molar-refractivity contribution in [2.75, 3.05) is 30.4 Å². The number of nitrogens with zero attached hydrogens (tertiary/aromatic N) is 1. The Balaban J connectivity index is 1.59. The van der Waals surface area contributed by atoms with Crippen molar-refractivity contribution in [3.05, 3.63) is 87.9 Å². The van der Waals surface area contributed by atoms with Gasteiger partial charge in [-0.1, -0.05) is 43.6 Å². The fraction of sp³-hybridized carbons (Fsp3) is 0.355. The van der Waals surface area contributed by atoms with Gasteiger partial charge in [-0.3, -0.25) is 9.59 Å². The van der Waals surface area contributed by atoms with Crippen LogP contribution in [0.1, 0.15) is 70.9 Å². The van der Waals surface area contributed by atoms with E-state index < -0.39 is 0 Å². The lowest BCUT2D eigenvalue weighted by molar-refractivity contribution is 0.0983. The molecule has 0 bridgehead atoms. The van der Waals surface area contributed by atoms with E-state index in [-0.39, 0.29) is 11.8 Å². The molecule has 2 amide bonds. The molecule has 0 aromatic heterocycles. The van der Waals surface area contributed by atoms with Crippen LogP contribution in [0, 0.1) is 6.92 Å². The molecule has 4 rings (SSSR count). The molecule has 0 spiro atoms. The molecule has 1 atom stereocenters. The first-order chi connectivity index (χ1) is 18.3. The van der Waals surface area contributed by atoms with Crippen molar-refractivity contribution in [1.29, 1.82) is 0 Å². The minimum atomic E-state index is -0.208. The topological polar surface area (TPSA) is 70.7 Å². The van der Waals surface area contributed by atoms with Crippen molar-refractivity contribution >= 4 is 34.8 Å². The van der Waals surface area contributed by atoms with E-state index in [2.05, 4.69) is 24.5 Å². The normalized spacial score (nSPS) is 15.1. The SMILES string of the molecule is COc1cc(NC(=O)c2ccccc2C)ccc1C(=O)N1CCCC(CCNC(C)C)c2cc(Cl)ccc21. The number of aryl methyl sites for hydroxylation is 1. The number of carbonyl (C=O) groups excluding carboxylic acids is 2. The van der Waals surface area contributed by atoms with Gasteiger partial charge in [0.2, 0.25) is 0 Å². The zero-order chi connectivity index (χ0) is 27.2. The molecule has 0 fully saturated rings. The second-order valence-corrected chi connectivity index (χ2v) is 10.5. The van der Waals surface area contributed by atoms with Crippen molar-refractivity contribution in [1.82, 2.24) is 5.32 Å². The number of fused-ring (bicyclic) bond motifs is 1. The number of methoxy groups -OCH3 is 1. The first kappa shape index (κ1) is 27.7. The standard InChI is InChI=1S/C31H36ClN3O3/c1-20(2)33-16-15-22-9-7-17-35(28-14-11-23(32)18-27(22)28)31(37)26-13-12-24(19-29(26)38-4)34-30(36)25-10-6-5-8-21(25)3/h5-6,8,10-14,18-20,22,33H,7,9,15-17H2,1-4H3,(H,34,36). The maximum atomic E-state index is 13.9. The average Bonchev–Trinajstić information content (AvgIpc) is 3.07. The summed E-state index contributed by atoms with van der Waals surface area (Å²) in [6.07, 6.45) is 2.85. The lowest BCUT2D eigenvalue weighted by Crippen LogP contribution is -2.32. The Hall–Kier alpha value is -3.35. The second-order valence-electron chi connectivity index (χ2n) is 10.1. The molecule has 0 aliphatic carbocycles. The highest BCUT2D eigenvalue weighted by atomic mass is 35.5. The molecular weight excluding hydrogens is 498 g/mol. The summed E-state index contributed by atoms with van der Waals surface area (Å²) in [5.41, 5.74) is 4.50. The number of anilines is 2. The monoisotopic (exact) mass is 533 g/mol. The van der Waals surface area contributed by atoms with Crippen LogP contribution in [0.4, 0.5) is 11.4 Å². The van der Waals surface area contributed by atoms with E-state index in [9.17, 15) is 9.59 Å². The number of halogens is 1. The summed E-state index contributed by atoms with van der Waals surface area (Å²) in [6.45, 7) is 7.70. The van der Waals surface area contributed by atoms with Crippen LogP contribution in [-0.4, -0.2) is 38.1 Å². The molecule has 6 nitrogen and oxygen atoms in total. The number of hydrogen-bond donors (Lipinski definition) is 2. The quantitative estimate of drug-likeness (QED) is 0.333. The van der Waals surface area contributed by atoms with Gasteiger partial charge < -0.3 is 20.3 Å². The van der Waals surface area contributed by atoms with E-state index in [4.69, 9.17) is 16.3 Å². The Kier molecular flexibility index (Phi) is 9.08. The fourth-order valence-electron chi connectivity index (χ4n) is 5.04. The van der Waals surface area contributed by atoms with Gasteiger partial charge in [-0.25, -0.2) is 0 Å². The Morgan fingerprint density at radius 2 is 1.87 bits per heavy atom. The van der Waals surface area contributed by atoms with Crippen LogP contribution in [0.15, 0.2) is 60.7 Å². The summed E-state index contributed by atoms with van der Waals surface area (Å²) in [4.78, 5) is 28.5. The van der Waals surface area contributed by atoms with Gasteiger partial charge in [0.05, 0.1) is 12.7 Å². The van der Waals surface area contributed by atoms with Crippen LogP contribution in [0.2, 0.25) is 5.02 Å². The Morgan fingerprint density at radius 1 is 1.08 bits per heavy atom. The smallest absolute Gasteiger partial charge is 0.262 e. The highest BCUT2D eigenvalue weighted by Crippen LogP contribution is 2.39. The molecule has 7 heteroatoms. The van der Waals surface area contributed by atoms with Gasteiger partial charge in [-0.2, -0.15) is 0 Å². The zero-order valence-electron chi connectivity index (χ0n) is 22.5. The number of nitrogens with one attached hydrogen (secondary N) is 2. The molecular formula is C31H36ClN3O3. The van der Waals surface area contributed by atoms with Gasteiger partial charge in [0, 0.05) is 40.6 Å². The number of amides is 2. The Labute approximate surface area is 230 Å². The molecule has 0 saturated carbocycles. The number of rotatable bonds is 8. The second kappa shape index (κ2) is 12.5. The van der Waals surface area contributed by atoms with Gasteiger partial charge in [-0.05, 0) is 86.2 Å². The number of benzene rings is 3. The molecule has 2 N–H and O–H groups in total. The molecule has 0 saturated heterocycles. The van der Waals surface area contributed by atoms with Crippen LogP contribution >= 0.6 is 11.6 Å². The predicted octanol–water partition coefficient (Wildman–Crippen LogP) is 6.82. The van der Waals surface area contributed by atoms with Crippen molar-refractivity contribution < 1.29 is 14.3 Å². The van der Waals surface area contributed by atoms with Gasteiger partial charge >= 0.3 is 0 Å². The van der Waals surface area contributed by atoms with E-state index in [0.717, 1.165) is 42.6 Å². The third-order valence-electron chi connectivity index (χ3n) is 7.02. The summed E-state index contributed by atoms with van der Waals surface area (Å²) in [5.74, 6) is 0.382. The van der Waals surface area contributed by atoms with Crippen molar-refractivity contribution in [3.63, 3.8) is 0 Å². The lowest BCUT2D eigenvalue weighted by atomic mass is 9.91. The molecule has 3 aromatic carbocycles. The summed E-state index contributed by atoms with van der Waals surface area (Å²) in [5, 5.41) is 7.10. The van der Waals surface area contributed by atoms with Gasteiger partial charge in [0.15, 0.2) is 0 Å². The van der Waals surface area contributed by atoms with Crippen LogP contribution in [0.3, 0.4) is 0 Å². The highest BCUT2D eigenvalue weighted by Gasteiger charge is 2.29. The van der Waals surface area contributed by atoms with Crippen LogP contribution in [0.5, 0.6) is 5.75 Å². The lowest BCUT2D eigenvalue weighted by Gasteiger charge is -2.25. The average molecular weight is 534 g/mol. The van der Waals surface area contributed by atoms with E-state index >= 15 is 0 Å². The molecule has 1 aliphatic rings. The van der Waals surface area contributed by atoms with Gasteiger partial charge in [0.1, 0.15) is 5.75 Å². The predicted molar refractivity (Wildman–Crippen MR) is 155 cm³/mol. The maximum absolute atomic E-state index is 13.9.